The molecule has 0 spiro atoms. The van der Waals surface area contributed by atoms with E-state index in [2.05, 4.69) is 9.88 Å². The van der Waals surface area contributed by atoms with E-state index in [0.717, 1.165) is 5.56 Å². The summed E-state index contributed by atoms with van der Waals surface area (Å²) in [6, 6.07) is 8.11. The summed E-state index contributed by atoms with van der Waals surface area (Å²) in [7, 11) is -3.69. The van der Waals surface area contributed by atoms with Crippen LogP contribution < -0.4 is 0 Å². The van der Waals surface area contributed by atoms with Crippen LogP contribution in [0.25, 0.3) is 0 Å². The average Bonchev–Trinajstić information content (AvgIpc) is 2.57. The molecule has 2 aromatic rings. The second-order valence-electron chi connectivity index (χ2n) is 5.85. The fourth-order valence-electron chi connectivity index (χ4n) is 2.81. The summed E-state index contributed by atoms with van der Waals surface area (Å²) < 4.78 is 27.1. The van der Waals surface area contributed by atoms with Gasteiger partial charge in [0.1, 0.15) is 15.2 Å². The van der Waals surface area contributed by atoms with Crippen LogP contribution in [0.3, 0.4) is 0 Å². The molecule has 1 aromatic heterocycles. The Balaban J connectivity index is 1.69. The molecule has 0 atom stereocenters. The van der Waals surface area contributed by atoms with Crippen LogP contribution in [0.4, 0.5) is 0 Å². The van der Waals surface area contributed by atoms with Crippen molar-refractivity contribution < 1.29 is 8.42 Å². The zero-order chi connectivity index (χ0) is 18.9. The first kappa shape index (κ1) is 20.1. The lowest BCUT2D eigenvalue weighted by molar-refractivity contribution is 0.181. The van der Waals surface area contributed by atoms with Gasteiger partial charge in [0, 0.05) is 32.7 Å². The summed E-state index contributed by atoms with van der Waals surface area (Å²) in [5, 5.41) is 0.948. The van der Waals surface area contributed by atoms with Gasteiger partial charge in [-0.2, -0.15) is 4.31 Å². The molecule has 10 heteroatoms. The number of nitrogens with zero attached hydrogens (tertiary/aromatic N) is 3. The largest absolute Gasteiger partial charge is 0.296 e. The first-order valence-corrected chi connectivity index (χ1v) is 10.7. The molecule has 1 fully saturated rings. The molecule has 0 amide bonds. The van der Waals surface area contributed by atoms with Crippen LogP contribution in [0, 0.1) is 0 Å². The normalized spacial score (nSPS) is 16.8. The fourth-order valence-corrected chi connectivity index (χ4v) is 5.48. The molecule has 3 rings (SSSR count). The molecule has 2 heterocycles. The highest BCUT2D eigenvalue weighted by Gasteiger charge is 2.30. The molecular formula is C16H15Cl4N3O2S. The summed E-state index contributed by atoms with van der Waals surface area (Å²) in [4.78, 5) is 6.09. The minimum atomic E-state index is -3.69. The van der Waals surface area contributed by atoms with Gasteiger partial charge in [-0.15, -0.1) is 0 Å². The van der Waals surface area contributed by atoms with Crippen molar-refractivity contribution in [1.82, 2.24) is 14.2 Å². The number of rotatable bonds is 4. The molecule has 0 radical (unpaired) electrons. The molecule has 1 aliphatic rings. The predicted octanol–water partition coefficient (Wildman–Crippen LogP) is 4.20. The molecule has 26 heavy (non-hydrogen) atoms. The Kier molecular flexibility index (Phi) is 6.34. The van der Waals surface area contributed by atoms with Gasteiger partial charge < -0.3 is 0 Å². The lowest BCUT2D eigenvalue weighted by Crippen LogP contribution is -2.48. The van der Waals surface area contributed by atoms with E-state index in [4.69, 9.17) is 46.4 Å². The molecule has 1 aliphatic heterocycles. The van der Waals surface area contributed by atoms with Crippen molar-refractivity contribution in [2.45, 2.75) is 11.4 Å². The van der Waals surface area contributed by atoms with E-state index in [-0.39, 0.29) is 14.9 Å². The number of piperazine rings is 1. The zero-order valence-electron chi connectivity index (χ0n) is 13.5. The molecule has 5 nitrogen and oxygen atoms in total. The second-order valence-corrected chi connectivity index (χ2v) is 9.32. The summed E-state index contributed by atoms with van der Waals surface area (Å²) in [5.41, 5.74) is 0.934. The molecule has 1 aromatic carbocycles. The number of pyridine rings is 1. The van der Waals surface area contributed by atoms with Gasteiger partial charge in [-0.1, -0.05) is 52.5 Å². The number of benzene rings is 1. The molecular weight excluding hydrogens is 440 g/mol. The van der Waals surface area contributed by atoms with Crippen LogP contribution in [-0.2, 0) is 16.6 Å². The van der Waals surface area contributed by atoms with Crippen molar-refractivity contribution in [3.8, 4) is 0 Å². The zero-order valence-corrected chi connectivity index (χ0v) is 17.3. The molecule has 1 saturated heterocycles. The van der Waals surface area contributed by atoms with Gasteiger partial charge in [0.05, 0.1) is 10.0 Å². The lowest BCUT2D eigenvalue weighted by Gasteiger charge is -2.34. The van der Waals surface area contributed by atoms with E-state index in [9.17, 15) is 8.42 Å². The molecule has 0 saturated carbocycles. The standard InChI is InChI=1S/C16H15Cl4N3O2S/c17-12-2-1-3-13(16(12)20)26(24,25)23-6-4-22(5-7-23)10-11-8-14(18)21-15(19)9-11/h1-3,8-9H,4-7,10H2. The highest BCUT2D eigenvalue weighted by molar-refractivity contribution is 7.89. The minimum absolute atomic E-state index is 0.0350. The van der Waals surface area contributed by atoms with Crippen molar-refractivity contribution >= 4 is 56.4 Å². The highest BCUT2D eigenvalue weighted by Crippen LogP contribution is 2.31. The number of halogens is 4. The topological polar surface area (TPSA) is 53.5 Å². The van der Waals surface area contributed by atoms with Gasteiger partial charge >= 0.3 is 0 Å². The van der Waals surface area contributed by atoms with Gasteiger partial charge in [0.25, 0.3) is 0 Å². The lowest BCUT2D eigenvalue weighted by atomic mass is 10.2. The van der Waals surface area contributed by atoms with E-state index in [1.807, 2.05) is 0 Å². The molecule has 0 N–H and O–H groups in total. The predicted molar refractivity (Wildman–Crippen MR) is 105 cm³/mol. The maximum Gasteiger partial charge on any atom is 0.244 e. The first-order valence-electron chi connectivity index (χ1n) is 7.76. The van der Waals surface area contributed by atoms with Crippen LogP contribution in [0.5, 0.6) is 0 Å². The van der Waals surface area contributed by atoms with Crippen LogP contribution in [0.1, 0.15) is 5.56 Å². The summed E-state index contributed by atoms with van der Waals surface area (Å²) >= 11 is 23.9. The monoisotopic (exact) mass is 453 g/mol. The van der Waals surface area contributed by atoms with Crippen molar-refractivity contribution in [3.05, 3.63) is 56.2 Å². The van der Waals surface area contributed by atoms with Gasteiger partial charge in [0.2, 0.25) is 10.0 Å². The average molecular weight is 455 g/mol. The van der Waals surface area contributed by atoms with Gasteiger partial charge in [-0.25, -0.2) is 13.4 Å². The Hall–Kier alpha value is -0.600. The van der Waals surface area contributed by atoms with Crippen molar-refractivity contribution in [3.63, 3.8) is 0 Å². The van der Waals surface area contributed by atoms with Crippen LogP contribution >= 0.6 is 46.4 Å². The number of hydrogen-bond donors (Lipinski definition) is 0. The molecule has 0 aliphatic carbocycles. The van der Waals surface area contributed by atoms with Gasteiger partial charge in [-0.05, 0) is 29.8 Å². The van der Waals surface area contributed by atoms with Crippen molar-refractivity contribution in [1.29, 1.82) is 0 Å². The maximum atomic E-state index is 12.8. The molecule has 0 bridgehead atoms. The van der Waals surface area contributed by atoms with E-state index >= 15 is 0 Å². The summed E-state index contributed by atoms with van der Waals surface area (Å²) in [5.74, 6) is 0. The number of hydrogen-bond acceptors (Lipinski definition) is 4. The Morgan fingerprint density at radius 2 is 1.58 bits per heavy atom. The SMILES string of the molecule is O=S(=O)(c1cccc(Cl)c1Cl)N1CCN(Cc2cc(Cl)nc(Cl)c2)CC1. The van der Waals surface area contributed by atoms with Crippen molar-refractivity contribution in [2.75, 3.05) is 26.2 Å². The third-order valence-corrected chi connectivity index (χ3v) is 7.35. The fraction of sp³-hybridized carbons (Fsp3) is 0.312. The minimum Gasteiger partial charge on any atom is -0.296 e. The number of sulfonamides is 1. The van der Waals surface area contributed by atoms with Gasteiger partial charge in [-0.3, -0.25) is 4.90 Å². The third kappa shape index (κ3) is 4.44. The molecule has 0 unspecified atom stereocenters. The Bertz CT molecular complexity index is 895. The Morgan fingerprint density at radius 3 is 2.19 bits per heavy atom. The number of aromatic nitrogens is 1. The smallest absolute Gasteiger partial charge is 0.244 e. The van der Waals surface area contributed by atoms with Crippen LogP contribution in [0.15, 0.2) is 35.2 Å². The van der Waals surface area contributed by atoms with E-state index in [1.54, 1.807) is 24.3 Å². The Labute approximate surface area is 172 Å². The maximum absolute atomic E-state index is 12.8. The van der Waals surface area contributed by atoms with Gasteiger partial charge in [0.15, 0.2) is 0 Å². The van der Waals surface area contributed by atoms with E-state index in [1.165, 1.54) is 10.4 Å². The van der Waals surface area contributed by atoms with E-state index < -0.39 is 10.0 Å². The summed E-state index contributed by atoms with van der Waals surface area (Å²) in [6.45, 7) is 2.49. The Morgan fingerprint density at radius 1 is 0.962 bits per heavy atom. The third-order valence-electron chi connectivity index (χ3n) is 4.09. The first-order chi connectivity index (χ1) is 12.3. The van der Waals surface area contributed by atoms with Crippen LogP contribution in [-0.4, -0.2) is 48.8 Å². The molecule has 140 valence electrons. The van der Waals surface area contributed by atoms with Crippen molar-refractivity contribution in [2.24, 2.45) is 0 Å². The second kappa shape index (κ2) is 8.19. The highest BCUT2D eigenvalue weighted by atomic mass is 35.5. The summed E-state index contributed by atoms with van der Waals surface area (Å²) in [6.07, 6.45) is 0. The van der Waals surface area contributed by atoms with Crippen LogP contribution in [0.2, 0.25) is 20.4 Å². The quantitative estimate of drug-likeness (QED) is 0.649. The van der Waals surface area contributed by atoms with E-state index in [0.29, 0.717) is 43.0 Å².